The molecule has 3 N–H and O–H groups in total. The first-order valence-electron chi connectivity index (χ1n) is 6.02. The summed E-state index contributed by atoms with van der Waals surface area (Å²) in [7, 11) is 0. The Balaban J connectivity index is 1.83. The minimum atomic E-state index is -0.357. The van der Waals surface area contributed by atoms with Gasteiger partial charge < -0.3 is 5.73 Å². The zero-order valence-corrected chi connectivity index (χ0v) is 10.1. The fraction of sp³-hybridized carbons (Fsp3) is 0.385. The highest BCUT2D eigenvalue weighted by molar-refractivity contribution is 6.05. The first-order valence-corrected chi connectivity index (χ1v) is 6.02. The van der Waals surface area contributed by atoms with Gasteiger partial charge in [0.05, 0.1) is 6.54 Å². The summed E-state index contributed by atoms with van der Waals surface area (Å²) in [6, 6.07) is 8.84. The van der Waals surface area contributed by atoms with Gasteiger partial charge in [-0.05, 0) is 18.6 Å². The molecule has 1 atom stereocenters. The number of benzene rings is 1. The van der Waals surface area contributed by atoms with Crippen molar-refractivity contribution >= 4 is 11.8 Å². The quantitative estimate of drug-likeness (QED) is 0.787. The highest BCUT2D eigenvalue weighted by Crippen LogP contribution is 2.05. The van der Waals surface area contributed by atoms with E-state index < -0.39 is 0 Å². The maximum Gasteiger partial charge on any atom is 0.257 e. The average Bonchev–Trinajstić information content (AvgIpc) is 2.75. The van der Waals surface area contributed by atoms with Crippen LogP contribution in [0.25, 0.3) is 0 Å². The fourth-order valence-corrected chi connectivity index (χ4v) is 2.04. The molecule has 1 saturated heterocycles. The van der Waals surface area contributed by atoms with Gasteiger partial charge in [0.25, 0.3) is 5.91 Å². The minimum Gasteiger partial charge on any atom is -0.326 e. The topological polar surface area (TPSA) is 75.4 Å². The van der Waals surface area contributed by atoms with Gasteiger partial charge in [-0.1, -0.05) is 18.2 Å². The Labute approximate surface area is 106 Å². The summed E-state index contributed by atoms with van der Waals surface area (Å²) in [5.74, 6) is -0.637. The summed E-state index contributed by atoms with van der Waals surface area (Å²) in [6.45, 7) is 1.76. The molecule has 0 aromatic heterocycles. The molecule has 2 rings (SSSR count). The summed E-state index contributed by atoms with van der Waals surface area (Å²) >= 11 is 0. The molecule has 0 aliphatic carbocycles. The van der Waals surface area contributed by atoms with Gasteiger partial charge in [-0.15, -0.1) is 0 Å². The SMILES string of the molecule is N[C@H]1CCN(CC(=O)NC(=O)c2ccccc2)C1. The molecule has 0 radical (unpaired) electrons. The molecule has 1 aliphatic heterocycles. The van der Waals surface area contributed by atoms with Crippen LogP contribution in [-0.2, 0) is 4.79 Å². The number of amides is 2. The van der Waals surface area contributed by atoms with Crippen LogP contribution in [0.15, 0.2) is 30.3 Å². The van der Waals surface area contributed by atoms with Crippen molar-refractivity contribution in [2.45, 2.75) is 12.5 Å². The molecule has 1 aromatic carbocycles. The van der Waals surface area contributed by atoms with Gasteiger partial charge in [0.2, 0.25) is 5.91 Å². The molecule has 0 bridgehead atoms. The van der Waals surface area contributed by atoms with E-state index in [1.807, 2.05) is 11.0 Å². The first-order chi connectivity index (χ1) is 8.65. The van der Waals surface area contributed by atoms with Crippen LogP contribution < -0.4 is 11.1 Å². The number of carbonyl (C=O) groups excluding carboxylic acids is 2. The van der Waals surface area contributed by atoms with E-state index in [9.17, 15) is 9.59 Å². The van der Waals surface area contributed by atoms with Crippen molar-refractivity contribution in [3.63, 3.8) is 0 Å². The van der Waals surface area contributed by atoms with Gasteiger partial charge in [-0.3, -0.25) is 19.8 Å². The molecule has 0 saturated carbocycles. The van der Waals surface area contributed by atoms with E-state index in [1.54, 1.807) is 24.3 Å². The molecule has 96 valence electrons. The number of imide groups is 1. The van der Waals surface area contributed by atoms with Gasteiger partial charge in [0.1, 0.15) is 0 Å². The average molecular weight is 247 g/mol. The molecule has 1 heterocycles. The number of nitrogens with one attached hydrogen (secondary N) is 1. The highest BCUT2D eigenvalue weighted by Gasteiger charge is 2.21. The lowest BCUT2D eigenvalue weighted by Crippen LogP contribution is -2.40. The molecule has 5 nitrogen and oxygen atoms in total. The third-order valence-corrected chi connectivity index (χ3v) is 2.96. The number of nitrogens with two attached hydrogens (primary N) is 1. The van der Waals surface area contributed by atoms with Crippen LogP contribution in [0, 0.1) is 0 Å². The van der Waals surface area contributed by atoms with Crippen molar-refractivity contribution in [1.82, 2.24) is 10.2 Å². The van der Waals surface area contributed by atoms with E-state index >= 15 is 0 Å². The monoisotopic (exact) mass is 247 g/mol. The summed E-state index contributed by atoms with van der Waals surface area (Å²) in [6.07, 6.45) is 0.903. The fourth-order valence-electron chi connectivity index (χ4n) is 2.04. The maximum atomic E-state index is 11.7. The number of rotatable bonds is 3. The van der Waals surface area contributed by atoms with E-state index in [1.165, 1.54) is 0 Å². The van der Waals surface area contributed by atoms with Crippen LogP contribution in [0.5, 0.6) is 0 Å². The second kappa shape index (κ2) is 5.75. The molecular weight excluding hydrogens is 230 g/mol. The Morgan fingerprint density at radius 2 is 2.06 bits per heavy atom. The van der Waals surface area contributed by atoms with Crippen LogP contribution >= 0.6 is 0 Å². The largest absolute Gasteiger partial charge is 0.326 e. The van der Waals surface area contributed by atoms with E-state index in [2.05, 4.69) is 5.32 Å². The number of hydrogen-bond donors (Lipinski definition) is 2. The predicted octanol–water partition coefficient (Wildman–Crippen LogP) is -0.0240. The lowest BCUT2D eigenvalue weighted by atomic mass is 10.2. The van der Waals surface area contributed by atoms with E-state index in [0.29, 0.717) is 12.1 Å². The van der Waals surface area contributed by atoms with Crippen molar-refractivity contribution < 1.29 is 9.59 Å². The van der Waals surface area contributed by atoms with Crippen molar-refractivity contribution in [3.05, 3.63) is 35.9 Å². The smallest absolute Gasteiger partial charge is 0.257 e. The third kappa shape index (κ3) is 3.38. The van der Waals surface area contributed by atoms with E-state index in [-0.39, 0.29) is 24.4 Å². The standard InChI is InChI=1S/C13H17N3O2/c14-11-6-7-16(8-11)9-12(17)15-13(18)10-4-2-1-3-5-10/h1-5,11H,6-9,14H2,(H,15,17,18)/t11-/m0/s1. The van der Waals surface area contributed by atoms with Crippen molar-refractivity contribution in [2.24, 2.45) is 5.73 Å². The highest BCUT2D eigenvalue weighted by atomic mass is 16.2. The van der Waals surface area contributed by atoms with Crippen LogP contribution in [0.3, 0.4) is 0 Å². The lowest BCUT2D eigenvalue weighted by molar-refractivity contribution is -0.121. The predicted molar refractivity (Wildman–Crippen MR) is 67.9 cm³/mol. The Hall–Kier alpha value is -1.72. The van der Waals surface area contributed by atoms with Gasteiger partial charge in [0, 0.05) is 24.7 Å². The van der Waals surface area contributed by atoms with Gasteiger partial charge in [-0.2, -0.15) is 0 Å². The molecule has 5 heteroatoms. The van der Waals surface area contributed by atoms with Crippen LogP contribution in [0.4, 0.5) is 0 Å². The van der Waals surface area contributed by atoms with Crippen LogP contribution in [0.1, 0.15) is 16.8 Å². The normalized spacial score (nSPS) is 19.7. The number of likely N-dealkylation sites (tertiary alicyclic amines) is 1. The summed E-state index contributed by atoms with van der Waals surface area (Å²) in [4.78, 5) is 25.3. The summed E-state index contributed by atoms with van der Waals surface area (Å²) in [5, 5.41) is 2.38. The third-order valence-electron chi connectivity index (χ3n) is 2.96. The van der Waals surface area contributed by atoms with Gasteiger partial charge >= 0.3 is 0 Å². The Morgan fingerprint density at radius 1 is 1.33 bits per heavy atom. The number of hydrogen-bond acceptors (Lipinski definition) is 4. The number of nitrogens with zero attached hydrogens (tertiary/aromatic N) is 1. The second-order valence-electron chi connectivity index (χ2n) is 4.53. The summed E-state index contributed by atoms with van der Waals surface area (Å²) < 4.78 is 0. The Morgan fingerprint density at radius 3 is 2.67 bits per heavy atom. The van der Waals surface area contributed by atoms with Crippen molar-refractivity contribution in [3.8, 4) is 0 Å². The van der Waals surface area contributed by atoms with Crippen LogP contribution in [-0.4, -0.2) is 42.4 Å². The Bertz CT molecular complexity index is 433. The number of carbonyl (C=O) groups is 2. The van der Waals surface area contributed by atoms with E-state index in [4.69, 9.17) is 5.73 Å². The molecule has 0 unspecified atom stereocenters. The molecule has 0 spiro atoms. The van der Waals surface area contributed by atoms with E-state index in [0.717, 1.165) is 13.0 Å². The molecular formula is C13H17N3O2. The minimum absolute atomic E-state index is 0.141. The zero-order chi connectivity index (χ0) is 13.0. The first kappa shape index (κ1) is 12.7. The molecule has 2 amide bonds. The molecule has 1 aromatic rings. The second-order valence-corrected chi connectivity index (χ2v) is 4.53. The molecule has 18 heavy (non-hydrogen) atoms. The maximum absolute atomic E-state index is 11.7. The van der Waals surface area contributed by atoms with Gasteiger partial charge in [-0.25, -0.2) is 0 Å². The molecule has 1 fully saturated rings. The zero-order valence-electron chi connectivity index (χ0n) is 10.1. The van der Waals surface area contributed by atoms with Crippen molar-refractivity contribution in [1.29, 1.82) is 0 Å². The van der Waals surface area contributed by atoms with Crippen LogP contribution in [0.2, 0.25) is 0 Å². The lowest BCUT2D eigenvalue weighted by Gasteiger charge is -2.14. The molecule has 1 aliphatic rings. The van der Waals surface area contributed by atoms with Crippen molar-refractivity contribution in [2.75, 3.05) is 19.6 Å². The Kier molecular flexibility index (Phi) is 4.07. The van der Waals surface area contributed by atoms with Gasteiger partial charge in [0.15, 0.2) is 0 Å². The summed E-state index contributed by atoms with van der Waals surface area (Å²) in [5.41, 5.74) is 6.24.